The predicted octanol–water partition coefficient (Wildman–Crippen LogP) is 24.9. The molecule has 0 radical (unpaired) electrons. The van der Waals surface area contributed by atoms with E-state index in [0.29, 0.717) is 102 Å². The van der Waals surface area contributed by atoms with Gasteiger partial charge >= 0.3 is 18.5 Å². The van der Waals surface area contributed by atoms with E-state index < -0.39 is 58.2 Å². The zero-order chi connectivity index (χ0) is 107. The number of pyridine rings is 4. The van der Waals surface area contributed by atoms with Crippen molar-refractivity contribution in [2.24, 2.45) is 41.2 Å². The van der Waals surface area contributed by atoms with Gasteiger partial charge in [0.1, 0.15) is 5.75 Å². The summed E-state index contributed by atoms with van der Waals surface area (Å²) in [4.78, 5) is 35.4. The maximum Gasteiger partial charge on any atom is 0.401 e. The van der Waals surface area contributed by atoms with Gasteiger partial charge in [0.05, 0.1) is 38.8 Å². The van der Waals surface area contributed by atoms with Crippen molar-refractivity contribution in [1.82, 2.24) is 48.1 Å². The number of piperidine rings is 5. The van der Waals surface area contributed by atoms with Gasteiger partial charge in [-0.3, -0.25) is 39.4 Å². The number of aromatic nitrogens is 4. The molecule has 6 aliphatic heterocycles. The highest BCUT2D eigenvalue weighted by Crippen LogP contribution is 2.37. The van der Waals surface area contributed by atoms with E-state index in [0.717, 1.165) is 138 Å². The first-order chi connectivity index (χ1) is 66.1. The average Bonchev–Trinajstić information content (AvgIpc) is 1.69. The Labute approximate surface area is 855 Å². The molecule has 13 rings (SSSR count). The molecule has 28 heteroatoms. The lowest BCUT2D eigenvalue weighted by Crippen LogP contribution is -2.40. The highest BCUT2D eigenvalue weighted by molar-refractivity contribution is 7.88. The Hall–Kier alpha value is -7.44. The Bertz CT molecular complexity index is 5000. The van der Waals surface area contributed by atoms with Crippen molar-refractivity contribution in [3.63, 3.8) is 0 Å². The largest absolute Gasteiger partial charge is 0.494 e. The fourth-order valence-corrected chi connectivity index (χ4v) is 20.6. The fourth-order valence-electron chi connectivity index (χ4n) is 18.9. The summed E-state index contributed by atoms with van der Waals surface area (Å²) in [5.74, 6) is 3.81. The molecule has 802 valence electrons. The monoisotopic (exact) mass is 2040 g/mol. The van der Waals surface area contributed by atoms with E-state index in [1.807, 2.05) is 42.9 Å². The third-order valence-electron chi connectivity index (χ3n) is 28.1. The van der Waals surface area contributed by atoms with Gasteiger partial charge in [0.25, 0.3) is 0 Å². The van der Waals surface area contributed by atoms with Crippen molar-refractivity contribution >= 4 is 26.0 Å². The van der Waals surface area contributed by atoms with Gasteiger partial charge in [-0.05, 0) is 359 Å². The number of nitrogens with zero attached hydrogens (tertiary/aromatic N) is 10. The second-order valence-electron chi connectivity index (χ2n) is 48.5. The maximum atomic E-state index is 12.4. The molecule has 0 saturated carbocycles. The van der Waals surface area contributed by atoms with E-state index in [1.54, 1.807) is 14.8 Å². The molecular formula is C115H176F9N11O6S2. The van der Waals surface area contributed by atoms with Crippen LogP contribution in [0.3, 0.4) is 0 Å². The summed E-state index contributed by atoms with van der Waals surface area (Å²) >= 11 is 0. The topological polar surface area (TPSA) is 192 Å². The lowest BCUT2D eigenvalue weighted by molar-refractivity contribution is -0.149. The van der Waals surface area contributed by atoms with Gasteiger partial charge in [-0.25, -0.2) is 25.4 Å². The summed E-state index contributed by atoms with van der Waals surface area (Å²) in [6.45, 7) is 52.8. The van der Waals surface area contributed by atoms with Crippen LogP contribution < -0.4 is 10.5 Å². The van der Waals surface area contributed by atoms with Gasteiger partial charge in [0.2, 0.25) is 26.0 Å². The lowest BCUT2D eigenvalue weighted by Gasteiger charge is -2.32. The average molecular weight is 2040 g/mol. The van der Waals surface area contributed by atoms with E-state index in [9.17, 15) is 61.1 Å². The van der Waals surface area contributed by atoms with Crippen molar-refractivity contribution in [3.05, 3.63) is 219 Å². The first-order valence-corrected chi connectivity index (χ1v) is 55.7. The van der Waals surface area contributed by atoms with E-state index in [4.69, 9.17) is 10.5 Å². The quantitative estimate of drug-likeness (QED) is 0.0470. The number of sulfonamides is 2. The smallest absolute Gasteiger partial charge is 0.401 e. The van der Waals surface area contributed by atoms with Crippen molar-refractivity contribution < 1.29 is 65.9 Å². The molecule has 0 spiro atoms. The van der Waals surface area contributed by atoms with Gasteiger partial charge < -0.3 is 15.4 Å². The minimum Gasteiger partial charge on any atom is -0.494 e. The van der Waals surface area contributed by atoms with Crippen LogP contribution in [-0.2, 0) is 101 Å². The Morgan fingerprint density at radius 1 is 0.336 bits per heavy atom. The van der Waals surface area contributed by atoms with Crippen LogP contribution in [0.2, 0.25) is 0 Å². The van der Waals surface area contributed by atoms with Crippen LogP contribution in [0.5, 0.6) is 5.75 Å². The molecule has 6 aliphatic rings. The number of unbranched alkanes of at least 4 members (excludes halogenated alkanes) is 1. The zero-order valence-corrected chi connectivity index (χ0v) is 92.6. The Kier molecular flexibility index (Phi) is 46.4. The Morgan fingerprint density at radius 3 is 0.895 bits per heavy atom. The lowest BCUT2D eigenvalue weighted by atomic mass is 9.84. The molecule has 0 bridgehead atoms. The van der Waals surface area contributed by atoms with Gasteiger partial charge in [-0.2, -0.15) is 39.5 Å². The SMILES string of the molecule is CC(C)(C)c1cccc(CC2CCN(CC(F)(F)F)CC2)c1.CC(C)(C)c1cccc(CC2CCN(S(C)(=O)=O)CC2)c1.CC(C)(C)c1cccc(OCCCCC(N)=O)c1.CC(C)(C)c1ccnc(CC2CCN(CC(F)(F)F)C2)c1.CC(C)(C)c1ccnc(CC2CCN(CC(F)(F)F)CC2)c1.CC(C)(C)c1ccnc(CC2CCN(S(C)(=O)=O)CC2)c1.CN1CCC(Cc2cc(C(C)(C)C)ccn2)CC1. The summed E-state index contributed by atoms with van der Waals surface area (Å²) in [7, 11) is -3.83. The summed E-state index contributed by atoms with van der Waals surface area (Å²) < 4.78 is 167. The number of carbonyl (C=O) groups is 1. The number of alkyl halides is 9. The number of carbonyl (C=O) groups excluding carboxylic acids is 1. The first kappa shape index (κ1) is 122. The third kappa shape index (κ3) is 47.7. The number of nitrogens with two attached hydrogens (primary N) is 1. The van der Waals surface area contributed by atoms with Crippen molar-refractivity contribution in [3.8, 4) is 5.75 Å². The highest BCUT2D eigenvalue weighted by atomic mass is 32.2. The number of hydrogen-bond donors (Lipinski definition) is 1. The zero-order valence-electron chi connectivity index (χ0n) is 91.0. The molecule has 1 unspecified atom stereocenters. The van der Waals surface area contributed by atoms with Gasteiger partial charge in [-0.15, -0.1) is 0 Å². The number of primary amides is 1. The van der Waals surface area contributed by atoms with Crippen LogP contribution >= 0.6 is 0 Å². The maximum absolute atomic E-state index is 12.4. The van der Waals surface area contributed by atoms with Crippen molar-refractivity contribution in [1.29, 1.82) is 0 Å². The Balaban J connectivity index is 0.000000227. The predicted molar refractivity (Wildman–Crippen MR) is 567 cm³/mol. The number of benzene rings is 3. The summed E-state index contributed by atoms with van der Waals surface area (Å²) in [5.41, 5.74) is 22.3. The number of likely N-dealkylation sites (tertiary alicyclic amines) is 4. The van der Waals surface area contributed by atoms with Gasteiger partial charge in [0, 0.05) is 86.7 Å². The minimum atomic E-state index is -4.10. The standard InChI is InChI=1S/C18H26F3N.C17H25F3N2.C17H27NO2S.C16H23F3N2.C16H26N2O2S.C16H26N2.C15H23NO2/c1-17(2,3)16-6-4-5-15(12-16)11-14-7-9-22(10-8-14)13-18(19,20)21;1-16(2,3)14-4-7-21-15(11-14)10-13-5-8-22(9-6-13)12-17(18,19)20;1-17(2,3)16-7-5-6-15(13-16)12-14-8-10-18(11-9-14)21(4,19)20;1-15(2,3)13-4-6-20-14(9-13)8-12-5-7-21(10-12)11-16(17,18)19;1-16(2,3)14-5-8-17-15(12-14)11-13-6-9-18(10-7-13)21(4,19)20;1-16(2,3)14-5-8-17-15(12-14)11-13-6-9-18(4)10-7-13;1-15(2,3)12-7-6-8-13(11-12)18-10-5-4-9-14(16)17/h4-6,12,14H,7-11,13H2,1-3H3;4,7,11,13H,5-6,8-10,12H2,1-3H3;5-7,13-14H,8-12H2,1-4H3;4,6,9,12H,5,7-8,10-11H2,1-3H3;5,8,12-13H,6-7,9-11H2,1-4H3;5,8,12-13H,6-7,9-11H2,1-4H3;6-8,11H,4-5,9-10H2,1-3H3,(H2,16,17). The number of hydrogen-bond acceptors (Lipinski definition) is 14. The van der Waals surface area contributed by atoms with Crippen LogP contribution in [0, 0.1) is 35.5 Å². The molecule has 2 N–H and O–H groups in total. The second-order valence-corrected chi connectivity index (χ2v) is 52.4. The molecule has 6 fully saturated rings. The molecule has 7 aromatic rings. The summed E-state index contributed by atoms with van der Waals surface area (Å²) in [6, 6.07) is 42.6. The molecule has 1 amide bonds. The molecule has 6 saturated heterocycles. The Morgan fingerprint density at radius 2 is 0.594 bits per heavy atom. The van der Waals surface area contributed by atoms with E-state index >= 15 is 0 Å². The van der Waals surface area contributed by atoms with Crippen LogP contribution in [0.4, 0.5) is 39.5 Å². The van der Waals surface area contributed by atoms with Crippen LogP contribution in [0.15, 0.2) is 146 Å². The summed E-state index contributed by atoms with van der Waals surface area (Å²) in [5, 5.41) is 0. The van der Waals surface area contributed by atoms with E-state index in [-0.39, 0.29) is 49.7 Å². The van der Waals surface area contributed by atoms with Crippen LogP contribution in [0.1, 0.15) is 308 Å². The normalized spacial score (nSPS) is 18.2. The second kappa shape index (κ2) is 54.1. The van der Waals surface area contributed by atoms with Crippen LogP contribution in [0.25, 0.3) is 0 Å². The molecule has 17 nitrogen and oxygen atoms in total. The number of ether oxygens (including phenoxy) is 1. The summed E-state index contributed by atoms with van der Waals surface area (Å²) in [6.07, 6.45) is 16.3. The highest BCUT2D eigenvalue weighted by Gasteiger charge is 2.38. The fraction of sp³-hybridized carbons (Fsp3) is 0.661. The molecule has 4 aromatic heterocycles. The van der Waals surface area contributed by atoms with Crippen molar-refractivity contribution in [2.45, 2.75) is 330 Å². The van der Waals surface area contributed by atoms with E-state index in [1.165, 1.54) is 109 Å². The van der Waals surface area contributed by atoms with Gasteiger partial charge in [0.15, 0.2) is 0 Å². The molecule has 10 heterocycles. The minimum absolute atomic E-state index is 0.0652. The number of amides is 1. The molecule has 1 atom stereocenters. The third-order valence-corrected chi connectivity index (χ3v) is 30.7. The molecule has 3 aromatic carbocycles. The molecular weight excluding hydrogens is 1870 g/mol. The molecule has 143 heavy (non-hydrogen) atoms. The number of halogens is 9. The first-order valence-electron chi connectivity index (χ1n) is 52.0. The molecule has 0 aliphatic carbocycles. The van der Waals surface area contributed by atoms with Crippen molar-refractivity contribution in [2.75, 3.05) is 124 Å². The van der Waals surface area contributed by atoms with E-state index in [2.05, 4.69) is 274 Å². The van der Waals surface area contributed by atoms with Crippen LogP contribution in [-0.4, -0.2) is 214 Å². The van der Waals surface area contributed by atoms with Gasteiger partial charge in [-0.1, -0.05) is 206 Å². The number of rotatable bonds is 23.